The van der Waals surface area contributed by atoms with E-state index in [1.54, 1.807) is 13.8 Å². The molecule has 0 atom stereocenters. The highest BCUT2D eigenvalue weighted by Gasteiger charge is 2.35. The summed E-state index contributed by atoms with van der Waals surface area (Å²) in [5.74, 6) is -3.49. The van der Waals surface area contributed by atoms with Crippen LogP contribution in [0.25, 0.3) is 4.96 Å². The molecule has 0 bridgehead atoms. The molecule has 0 aliphatic carbocycles. The number of thiazole rings is 1. The van der Waals surface area contributed by atoms with Gasteiger partial charge in [-0.3, -0.25) is 9.59 Å². The van der Waals surface area contributed by atoms with E-state index in [1.165, 1.54) is 0 Å². The lowest BCUT2D eigenvalue weighted by Gasteiger charge is -2.11. The third kappa shape index (κ3) is 3.74. The predicted molar refractivity (Wildman–Crippen MR) is 96.2 cm³/mol. The summed E-state index contributed by atoms with van der Waals surface area (Å²) < 4.78 is 68.4. The third-order valence-electron chi connectivity index (χ3n) is 4.16. The van der Waals surface area contributed by atoms with Crippen LogP contribution in [0.5, 0.6) is 0 Å². The first-order chi connectivity index (χ1) is 13.6. The Labute approximate surface area is 164 Å². The minimum absolute atomic E-state index is 0.0162. The molecular formula is C18H14F5N3O2S. The van der Waals surface area contributed by atoms with Crippen LogP contribution in [0.2, 0.25) is 0 Å². The second-order valence-electron chi connectivity index (χ2n) is 6.12. The first-order valence-electron chi connectivity index (χ1n) is 8.39. The quantitative estimate of drug-likeness (QED) is 0.641. The molecule has 154 valence electrons. The van der Waals surface area contributed by atoms with Crippen LogP contribution < -0.4 is 10.9 Å². The van der Waals surface area contributed by atoms with E-state index < -0.39 is 52.5 Å². The standard InChI is InChI=1S/C18H14F5N3O2S/c1-3-24-15(27)14-8(2)29-17-25-11(13(20)16(28)26(14)17)7-9-5-4-6-10(12(9)19)18(21,22)23/h4-6H,3,7H2,1-2H3,(H,24,27). The molecule has 29 heavy (non-hydrogen) atoms. The van der Waals surface area contributed by atoms with E-state index in [9.17, 15) is 31.5 Å². The Kier molecular flexibility index (Phi) is 5.44. The van der Waals surface area contributed by atoms with E-state index in [4.69, 9.17) is 0 Å². The number of alkyl halides is 3. The summed E-state index contributed by atoms with van der Waals surface area (Å²) >= 11 is 0.943. The summed E-state index contributed by atoms with van der Waals surface area (Å²) in [4.78, 5) is 29.0. The number of fused-ring (bicyclic) bond motifs is 1. The van der Waals surface area contributed by atoms with Crippen molar-refractivity contribution in [2.75, 3.05) is 6.54 Å². The van der Waals surface area contributed by atoms with E-state index in [1.807, 2.05) is 0 Å². The highest BCUT2D eigenvalue weighted by Crippen LogP contribution is 2.33. The van der Waals surface area contributed by atoms with E-state index in [0.717, 1.165) is 27.9 Å². The maximum absolute atomic E-state index is 14.7. The number of halogens is 5. The van der Waals surface area contributed by atoms with Gasteiger partial charge in [0.05, 0.1) is 11.3 Å². The van der Waals surface area contributed by atoms with Crippen LogP contribution in [0.1, 0.15) is 39.1 Å². The Morgan fingerprint density at radius 3 is 2.55 bits per heavy atom. The summed E-state index contributed by atoms with van der Waals surface area (Å²) in [6.45, 7) is 3.51. The van der Waals surface area contributed by atoms with Crippen molar-refractivity contribution in [1.29, 1.82) is 0 Å². The maximum Gasteiger partial charge on any atom is 0.419 e. The summed E-state index contributed by atoms with van der Waals surface area (Å²) in [5, 5.41) is 2.51. The van der Waals surface area contributed by atoms with Crippen LogP contribution in [0.4, 0.5) is 22.0 Å². The predicted octanol–water partition coefficient (Wildman–Crippen LogP) is 3.70. The number of aryl methyl sites for hydroxylation is 1. The first kappa shape index (κ1) is 20.9. The fourth-order valence-corrected chi connectivity index (χ4v) is 3.85. The van der Waals surface area contributed by atoms with Gasteiger partial charge in [0.1, 0.15) is 11.5 Å². The van der Waals surface area contributed by atoms with E-state index in [0.29, 0.717) is 10.9 Å². The molecule has 2 heterocycles. The molecule has 2 aromatic heterocycles. The normalized spacial score (nSPS) is 11.8. The molecule has 0 fully saturated rings. The monoisotopic (exact) mass is 431 g/mol. The molecule has 5 nitrogen and oxygen atoms in total. The van der Waals surface area contributed by atoms with Gasteiger partial charge in [-0.25, -0.2) is 13.8 Å². The largest absolute Gasteiger partial charge is 0.419 e. The minimum Gasteiger partial charge on any atom is -0.351 e. The Balaban J connectivity index is 2.13. The van der Waals surface area contributed by atoms with Crippen LogP contribution in [-0.2, 0) is 12.6 Å². The van der Waals surface area contributed by atoms with E-state index in [2.05, 4.69) is 10.3 Å². The number of nitrogens with zero attached hydrogens (tertiary/aromatic N) is 2. The number of rotatable bonds is 4. The van der Waals surface area contributed by atoms with Gasteiger partial charge in [-0.05, 0) is 25.5 Å². The molecule has 1 amide bonds. The zero-order valence-corrected chi connectivity index (χ0v) is 16.0. The summed E-state index contributed by atoms with van der Waals surface area (Å²) in [7, 11) is 0. The van der Waals surface area contributed by atoms with Crippen LogP contribution in [0.15, 0.2) is 23.0 Å². The van der Waals surface area contributed by atoms with Crippen molar-refractivity contribution in [2.45, 2.75) is 26.4 Å². The Morgan fingerprint density at radius 2 is 1.93 bits per heavy atom. The minimum atomic E-state index is -4.91. The Hall–Kier alpha value is -2.82. The Bertz CT molecular complexity index is 1170. The van der Waals surface area contributed by atoms with Crippen molar-refractivity contribution in [3.05, 3.63) is 67.6 Å². The van der Waals surface area contributed by atoms with Crippen molar-refractivity contribution in [1.82, 2.24) is 14.7 Å². The first-order valence-corrected chi connectivity index (χ1v) is 9.21. The third-order valence-corrected chi connectivity index (χ3v) is 5.12. The molecule has 0 unspecified atom stereocenters. The fraction of sp³-hybridized carbons (Fsp3) is 0.278. The molecule has 0 saturated heterocycles. The fourth-order valence-electron chi connectivity index (χ4n) is 2.87. The molecular weight excluding hydrogens is 417 g/mol. The lowest BCUT2D eigenvalue weighted by atomic mass is 10.0. The number of carbonyl (C=O) groups is 1. The van der Waals surface area contributed by atoms with Gasteiger partial charge in [-0.1, -0.05) is 12.1 Å². The average Bonchev–Trinajstić information content (AvgIpc) is 2.96. The molecule has 0 aliphatic heterocycles. The maximum atomic E-state index is 14.7. The van der Waals surface area contributed by atoms with Gasteiger partial charge in [-0.15, -0.1) is 11.3 Å². The number of amides is 1. The highest BCUT2D eigenvalue weighted by molar-refractivity contribution is 7.17. The topological polar surface area (TPSA) is 63.5 Å². The lowest BCUT2D eigenvalue weighted by molar-refractivity contribution is -0.140. The van der Waals surface area contributed by atoms with Gasteiger partial charge >= 0.3 is 6.18 Å². The Morgan fingerprint density at radius 1 is 1.24 bits per heavy atom. The van der Waals surface area contributed by atoms with Crippen LogP contribution in [0, 0.1) is 18.6 Å². The molecule has 0 aliphatic rings. The van der Waals surface area contributed by atoms with Gasteiger partial charge < -0.3 is 5.32 Å². The molecule has 0 spiro atoms. The molecule has 11 heteroatoms. The number of carbonyl (C=O) groups excluding carboxylic acids is 1. The van der Waals surface area contributed by atoms with Crippen molar-refractivity contribution in [3.63, 3.8) is 0 Å². The summed E-state index contributed by atoms with van der Waals surface area (Å²) in [6, 6.07) is 2.63. The molecule has 0 radical (unpaired) electrons. The number of hydrogen-bond donors (Lipinski definition) is 1. The van der Waals surface area contributed by atoms with Gasteiger partial charge in [0, 0.05) is 17.8 Å². The number of nitrogens with one attached hydrogen (secondary N) is 1. The van der Waals surface area contributed by atoms with Crippen LogP contribution >= 0.6 is 11.3 Å². The van der Waals surface area contributed by atoms with E-state index >= 15 is 0 Å². The average molecular weight is 431 g/mol. The van der Waals surface area contributed by atoms with Crippen molar-refractivity contribution < 1.29 is 26.7 Å². The van der Waals surface area contributed by atoms with Gasteiger partial charge in [0.25, 0.3) is 11.5 Å². The lowest BCUT2D eigenvalue weighted by Crippen LogP contribution is -2.30. The van der Waals surface area contributed by atoms with Crippen molar-refractivity contribution in [2.24, 2.45) is 0 Å². The van der Waals surface area contributed by atoms with Crippen molar-refractivity contribution in [3.8, 4) is 0 Å². The number of aromatic nitrogens is 2. The zero-order valence-electron chi connectivity index (χ0n) is 15.2. The number of benzene rings is 1. The highest BCUT2D eigenvalue weighted by atomic mass is 32.1. The van der Waals surface area contributed by atoms with Crippen LogP contribution in [-0.4, -0.2) is 21.8 Å². The SMILES string of the molecule is CCNC(=O)c1c(C)sc2nc(Cc3cccc(C(F)(F)F)c3F)c(F)c(=O)n12. The number of hydrogen-bond acceptors (Lipinski definition) is 4. The molecule has 1 N–H and O–H groups in total. The van der Waals surface area contributed by atoms with Gasteiger partial charge in [0.15, 0.2) is 4.96 Å². The smallest absolute Gasteiger partial charge is 0.351 e. The summed E-state index contributed by atoms with van der Waals surface area (Å²) in [5.41, 5.74) is -3.69. The van der Waals surface area contributed by atoms with Gasteiger partial charge in [-0.2, -0.15) is 17.6 Å². The molecule has 0 saturated carbocycles. The molecule has 3 aromatic rings. The second-order valence-corrected chi connectivity index (χ2v) is 7.30. The van der Waals surface area contributed by atoms with Gasteiger partial charge in [0.2, 0.25) is 5.82 Å². The zero-order chi connectivity index (χ0) is 21.5. The summed E-state index contributed by atoms with van der Waals surface area (Å²) in [6.07, 6.45) is -5.57. The van der Waals surface area contributed by atoms with Crippen molar-refractivity contribution >= 4 is 22.2 Å². The molecule has 3 rings (SSSR count). The van der Waals surface area contributed by atoms with Crippen LogP contribution in [0.3, 0.4) is 0 Å². The van der Waals surface area contributed by atoms with E-state index in [-0.39, 0.29) is 17.2 Å². The second kappa shape index (κ2) is 7.54. The molecule has 1 aromatic carbocycles.